The molecule has 0 amide bonds. The Balaban J connectivity index is 1.84. The van der Waals surface area contributed by atoms with E-state index in [1.165, 1.54) is 6.07 Å². The smallest absolute Gasteiger partial charge is 0.101 e. The molecule has 0 radical (unpaired) electrons. The standard InChI is InChI=1S/C26H14N4/c27-15-18-11-23(16-28)25(17-29)24(12-18)21-7-3-5-19(13-21)20-6-4-8-22(14-20)26-9-1-2-10-30-26/h1-14H. The van der Waals surface area contributed by atoms with Crippen molar-refractivity contribution in [1.82, 2.24) is 4.98 Å². The van der Waals surface area contributed by atoms with E-state index >= 15 is 0 Å². The van der Waals surface area contributed by atoms with Gasteiger partial charge in [-0.2, -0.15) is 15.8 Å². The van der Waals surface area contributed by atoms with Crippen LogP contribution in [0.1, 0.15) is 16.7 Å². The normalized spacial score (nSPS) is 9.90. The van der Waals surface area contributed by atoms with Crippen molar-refractivity contribution in [3.05, 3.63) is 102 Å². The molecule has 0 saturated heterocycles. The third-order valence-corrected chi connectivity index (χ3v) is 4.83. The van der Waals surface area contributed by atoms with Gasteiger partial charge in [0.15, 0.2) is 0 Å². The first-order chi connectivity index (χ1) is 14.7. The average molecular weight is 382 g/mol. The zero-order chi connectivity index (χ0) is 20.9. The molecular weight excluding hydrogens is 368 g/mol. The fraction of sp³-hybridized carbons (Fsp3) is 0. The molecule has 0 aliphatic carbocycles. The van der Waals surface area contributed by atoms with Crippen LogP contribution in [0.2, 0.25) is 0 Å². The summed E-state index contributed by atoms with van der Waals surface area (Å²) in [4.78, 5) is 4.41. The van der Waals surface area contributed by atoms with Crippen molar-refractivity contribution in [1.29, 1.82) is 15.8 Å². The fourth-order valence-electron chi connectivity index (χ4n) is 3.40. The second-order valence-electron chi connectivity index (χ2n) is 6.66. The number of nitrogens with zero attached hydrogens (tertiary/aromatic N) is 4. The summed E-state index contributed by atoms with van der Waals surface area (Å²) in [7, 11) is 0. The van der Waals surface area contributed by atoms with Gasteiger partial charge in [-0.05, 0) is 53.1 Å². The molecule has 0 bridgehead atoms. The summed E-state index contributed by atoms with van der Waals surface area (Å²) in [5.74, 6) is 0. The molecule has 0 unspecified atom stereocenters. The van der Waals surface area contributed by atoms with E-state index in [1.54, 1.807) is 12.3 Å². The maximum absolute atomic E-state index is 9.61. The van der Waals surface area contributed by atoms with Gasteiger partial charge >= 0.3 is 0 Å². The summed E-state index contributed by atoms with van der Waals surface area (Å²) in [6, 6.07) is 30.9. The molecule has 30 heavy (non-hydrogen) atoms. The first-order valence-electron chi connectivity index (χ1n) is 9.24. The van der Waals surface area contributed by atoms with Crippen molar-refractivity contribution in [2.45, 2.75) is 0 Å². The lowest BCUT2D eigenvalue weighted by Gasteiger charge is -2.10. The van der Waals surface area contributed by atoms with Crippen LogP contribution in [0.15, 0.2) is 85.1 Å². The lowest BCUT2D eigenvalue weighted by atomic mass is 9.92. The minimum Gasteiger partial charge on any atom is -0.256 e. The van der Waals surface area contributed by atoms with E-state index in [-0.39, 0.29) is 11.1 Å². The second-order valence-corrected chi connectivity index (χ2v) is 6.66. The molecule has 4 heteroatoms. The fourth-order valence-corrected chi connectivity index (χ4v) is 3.40. The minimum absolute atomic E-state index is 0.203. The molecule has 0 spiro atoms. The number of hydrogen-bond donors (Lipinski definition) is 0. The van der Waals surface area contributed by atoms with Crippen molar-refractivity contribution in [2.75, 3.05) is 0 Å². The zero-order valence-electron chi connectivity index (χ0n) is 15.9. The maximum Gasteiger partial charge on any atom is 0.101 e. The Morgan fingerprint density at radius 2 is 1.30 bits per heavy atom. The van der Waals surface area contributed by atoms with E-state index in [2.05, 4.69) is 23.2 Å². The van der Waals surface area contributed by atoms with Crippen LogP contribution in [0.4, 0.5) is 0 Å². The van der Waals surface area contributed by atoms with Gasteiger partial charge < -0.3 is 0 Å². The predicted molar refractivity (Wildman–Crippen MR) is 115 cm³/mol. The van der Waals surface area contributed by atoms with Crippen LogP contribution in [0.5, 0.6) is 0 Å². The summed E-state index contributed by atoms with van der Waals surface area (Å²) < 4.78 is 0. The van der Waals surface area contributed by atoms with Crippen LogP contribution >= 0.6 is 0 Å². The molecule has 138 valence electrons. The number of benzene rings is 3. The number of nitriles is 3. The molecular formula is C26H14N4. The Morgan fingerprint density at radius 1 is 0.600 bits per heavy atom. The predicted octanol–water partition coefficient (Wildman–Crippen LogP) is 5.70. The number of rotatable bonds is 3. The highest BCUT2D eigenvalue weighted by molar-refractivity contribution is 5.80. The summed E-state index contributed by atoms with van der Waals surface area (Å²) in [6.45, 7) is 0. The van der Waals surface area contributed by atoms with Gasteiger partial charge in [0.05, 0.1) is 28.5 Å². The molecule has 0 fully saturated rings. The van der Waals surface area contributed by atoms with Crippen LogP contribution in [0, 0.1) is 34.0 Å². The minimum atomic E-state index is 0.203. The highest BCUT2D eigenvalue weighted by atomic mass is 14.7. The summed E-state index contributed by atoms with van der Waals surface area (Å²) in [6.07, 6.45) is 1.76. The van der Waals surface area contributed by atoms with Crippen molar-refractivity contribution in [3.63, 3.8) is 0 Å². The molecule has 0 atom stereocenters. The van der Waals surface area contributed by atoms with Crippen molar-refractivity contribution in [3.8, 4) is 51.7 Å². The Bertz CT molecular complexity index is 1370. The summed E-state index contributed by atoms with van der Waals surface area (Å²) >= 11 is 0. The van der Waals surface area contributed by atoms with E-state index < -0.39 is 0 Å². The van der Waals surface area contributed by atoms with E-state index in [0.717, 1.165) is 27.9 Å². The third kappa shape index (κ3) is 3.52. The average Bonchev–Trinajstić information content (AvgIpc) is 2.83. The van der Waals surface area contributed by atoms with Gasteiger partial charge in [0.2, 0.25) is 0 Å². The molecule has 1 heterocycles. The molecule has 3 aromatic carbocycles. The number of aromatic nitrogens is 1. The van der Waals surface area contributed by atoms with Crippen LogP contribution in [-0.2, 0) is 0 Å². The van der Waals surface area contributed by atoms with Crippen molar-refractivity contribution in [2.24, 2.45) is 0 Å². The number of hydrogen-bond acceptors (Lipinski definition) is 4. The summed E-state index contributed by atoms with van der Waals surface area (Å²) in [5.41, 5.74) is 6.06. The lowest BCUT2D eigenvalue weighted by molar-refractivity contribution is 1.33. The van der Waals surface area contributed by atoms with Crippen LogP contribution in [-0.4, -0.2) is 4.98 Å². The Kier molecular flexibility index (Phi) is 5.04. The number of pyridine rings is 1. The van der Waals surface area contributed by atoms with Crippen LogP contribution in [0.3, 0.4) is 0 Å². The van der Waals surface area contributed by atoms with Gasteiger partial charge in [-0.3, -0.25) is 4.98 Å². The molecule has 0 aliphatic rings. The highest BCUT2D eigenvalue weighted by Crippen LogP contribution is 2.32. The van der Waals surface area contributed by atoms with Crippen molar-refractivity contribution < 1.29 is 0 Å². The van der Waals surface area contributed by atoms with Crippen molar-refractivity contribution >= 4 is 0 Å². The molecule has 4 rings (SSSR count). The van der Waals surface area contributed by atoms with E-state index in [4.69, 9.17) is 0 Å². The van der Waals surface area contributed by atoms with E-state index in [9.17, 15) is 15.8 Å². The molecule has 4 aromatic rings. The lowest BCUT2D eigenvalue weighted by Crippen LogP contribution is -1.93. The van der Waals surface area contributed by atoms with Gasteiger partial charge in [0.1, 0.15) is 12.1 Å². The molecule has 0 N–H and O–H groups in total. The summed E-state index contributed by atoms with van der Waals surface area (Å²) in [5, 5.41) is 28.3. The Labute approximate surface area is 174 Å². The first kappa shape index (κ1) is 18.6. The third-order valence-electron chi connectivity index (χ3n) is 4.83. The van der Waals surface area contributed by atoms with E-state index in [1.807, 2.05) is 66.7 Å². The second kappa shape index (κ2) is 8.11. The van der Waals surface area contributed by atoms with Gasteiger partial charge in [-0.15, -0.1) is 0 Å². The zero-order valence-corrected chi connectivity index (χ0v) is 15.9. The van der Waals surface area contributed by atoms with Gasteiger partial charge in [-0.25, -0.2) is 0 Å². The topological polar surface area (TPSA) is 84.3 Å². The molecule has 0 aliphatic heterocycles. The molecule has 4 nitrogen and oxygen atoms in total. The Hall–Kier alpha value is -4.72. The quantitative estimate of drug-likeness (QED) is 0.455. The highest BCUT2D eigenvalue weighted by Gasteiger charge is 2.13. The molecule has 1 aromatic heterocycles. The van der Waals surface area contributed by atoms with Gasteiger partial charge in [0.25, 0.3) is 0 Å². The Morgan fingerprint density at radius 3 is 1.93 bits per heavy atom. The van der Waals surface area contributed by atoms with Gasteiger partial charge in [-0.1, -0.05) is 42.5 Å². The van der Waals surface area contributed by atoms with Crippen LogP contribution < -0.4 is 0 Å². The van der Waals surface area contributed by atoms with Crippen LogP contribution in [0.25, 0.3) is 33.5 Å². The van der Waals surface area contributed by atoms with E-state index in [0.29, 0.717) is 11.1 Å². The van der Waals surface area contributed by atoms with Gasteiger partial charge in [0, 0.05) is 17.3 Å². The first-order valence-corrected chi connectivity index (χ1v) is 9.24. The SMILES string of the molecule is N#Cc1cc(C#N)c(C#N)c(-c2cccc(-c3cccc(-c4ccccn4)c3)c2)c1. The largest absolute Gasteiger partial charge is 0.256 e. The maximum atomic E-state index is 9.61. The monoisotopic (exact) mass is 382 g/mol. The molecule has 0 saturated carbocycles.